The first-order valence-electron chi connectivity index (χ1n) is 5.86. The summed E-state index contributed by atoms with van der Waals surface area (Å²) in [6.07, 6.45) is 5.27. The van der Waals surface area contributed by atoms with Gasteiger partial charge in [0.2, 0.25) is 0 Å². The Morgan fingerprint density at radius 1 is 1.27 bits per heavy atom. The van der Waals surface area contributed by atoms with Crippen molar-refractivity contribution in [2.24, 2.45) is 11.3 Å². The minimum Gasteiger partial charge on any atom is -0.458 e. The first-order chi connectivity index (χ1) is 7.10. The highest BCUT2D eigenvalue weighted by molar-refractivity contribution is 5.95. The Morgan fingerprint density at radius 2 is 2.07 bits per heavy atom. The van der Waals surface area contributed by atoms with Crippen molar-refractivity contribution < 1.29 is 14.3 Å². The molecule has 3 nitrogen and oxygen atoms in total. The molecule has 2 saturated carbocycles. The van der Waals surface area contributed by atoms with Crippen LogP contribution in [-0.4, -0.2) is 17.4 Å². The zero-order chi connectivity index (χ0) is 10.7. The third kappa shape index (κ3) is 0.876. The molecule has 0 aromatic rings. The maximum absolute atomic E-state index is 12.2. The lowest BCUT2D eigenvalue weighted by atomic mass is 9.62. The first kappa shape index (κ1) is 9.37. The maximum atomic E-state index is 12.2. The van der Waals surface area contributed by atoms with Gasteiger partial charge in [-0.05, 0) is 32.6 Å². The molecule has 3 rings (SSSR count). The van der Waals surface area contributed by atoms with Crippen LogP contribution in [0.15, 0.2) is 0 Å². The first-order valence-corrected chi connectivity index (χ1v) is 5.86. The molecule has 3 heteroatoms. The van der Waals surface area contributed by atoms with Crippen LogP contribution < -0.4 is 0 Å². The number of ketones is 1. The fraction of sp³-hybridized carbons (Fsp3) is 0.833. The number of Topliss-reactive ketones (excluding diaryl/α,β-unsaturated/α-hetero) is 1. The zero-order valence-corrected chi connectivity index (χ0v) is 9.04. The maximum Gasteiger partial charge on any atom is 0.310 e. The van der Waals surface area contributed by atoms with Gasteiger partial charge in [-0.15, -0.1) is 0 Å². The number of carbonyl (C=O) groups excluding carboxylic acids is 2. The van der Waals surface area contributed by atoms with Crippen LogP contribution in [-0.2, 0) is 14.3 Å². The van der Waals surface area contributed by atoms with Gasteiger partial charge in [-0.2, -0.15) is 0 Å². The van der Waals surface area contributed by atoms with Crippen LogP contribution in [0.2, 0.25) is 0 Å². The van der Waals surface area contributed by atoms with E-state index in [1.807, 2.05) is 6.92 Å². The monoisotopic (exact) mass is 208 g/mol. The van der Waals surface area contributed by atoms with E-state index in [0.29, 0.717) is 6.42 Å². The molecule has 2 aliphatic carbocycles. The van der Waals surface area contributed by atoms with E-state index in [9.17, 15) is 9.59 Å². The molecule has 0 aromatic heterocycles. The van der Waals surface area contributed by atoms with Gasteiger partial charge in [-0.3, -0.25) is 9.59 Å². The third-order valence-electron chi connectivity index (χ3n) is 4.78. The fourth-order valence-electron chi connectivity index (χ4n) is 3.99. The molecule has 3 atom stereocenters. The predicted molar refractivity (Wildman–Crippen MR) is 53.1 cm³/mol. The summed E-state index contributed by atoms with van der Waals surface area (Å²) in [5.41, 5.74) is -0.922. The summed E-state index contributed by atoms with van der Waals surface area (Å²) in [6, 6.07) is 0. The molecule has 3 aliphatic rings. The standard InChI is InChI=1S/C12H16O3/c1-11-7-5-8(10(14)15-11)12(11)6-3-2-4-9(12)13/h8H,2-7H2,1H3/t8-,11-,12+/m0/s1. The normalized spacial score (nSPS) is 48.7. The van der Waals surface area contributed by atoms with Gasteiger partial charge < -0.3 is 4.74 Å². The summed E-state index contributed by atoms with van der Waals surface area (Å²) >= 11 is 0. The minimum absolute atomic E-state index is 0.126. The van der Waals surface area contributed by atoms with E-state index < -0.39 is 11.0 Å². The van der Waals surface area contributed by atoms with Gasteiger partial charge in [-0.25, -0.2) is 0 Å². The van der Waals surface area contributed by atoms with Crippen molar-refractivity contribution >= 4 is 11.8 Å². The van der Waals surface area contributed by atoms with Crippen LogP contribution in [0.5, 0.6) is 0 Å². The third-order valence-corrected chi connectivity index (χ3v) is 4.78. The van der Waals surface area contributed by atoms with E-state index in [4.69, 9.17) is 4.74 Å². The molecule has 1 aliphatic heterocycles. The van der Waals surface area contributed by atoms with Crippen molar-refractivity contribution in [3.8, 4) is 0 Å². The summed E-state index contributed by atoms with van der Waals surface area (Å²) < 4.78 is 5.45. The molecule has 0 radical (unpaired) electrons. The molecule has 3 fully saturated rings. The Morgan fingerprint density at radius 3 is 2.60 bits per heavy atom. The van der Waals surface area contributed by atoms with Gasteiger partial charge in [0.25, 0.3) is 0 Å². The lowest BCUT2D eigenvalue weighted by Gasteiger charge is -2.39. The number of hydrogen-bond donors (Lipinski definition) is 0. The highest BCUT2D eigenvalue weighted by atomic mass is 16.6. The van der Waals surface area contributed by atoms with Crippen molar-refractivity contribution in [1.29, 1.82) is 0 Å². The van der Waals surface area contributed by atoms with Gasteiger partial charge in [0.15, 0.2) is 0 Å². The summed E-state index contributed by atoms with van der Waals surface area (Å²) in [5, 5.41) is 0. The number of carbonyl (C=O) groups is 2. The smallest absolute Gasteiger partial charge is 0.310 e. The molecule has 1 saturated heterocycles. The van der Waals surface area contributed by atoms with Gasteiger partial charge in [0, 0.05) is 6.42 Å². The van der Waals surface area contributed by atoms with Crippen LogP contribution in [0.4, 0.5) is 0 Å². The van der Waals surface area contributed by atoms with E-state index >= 15 is 0 Å². The summed E-state index contributed by atoms with van der Waals surface area (Å²) in [6.45, 7) is 1.96. The predicted octanol–water partition coefficient (Wildman–Crippen LogP) is 1.84. The molecule has 2 bridgehead atoms. The van der Waals surface area contributed by atoms with Crippen molar-refractivity contribution in [3.63, 3.8) is 0 Å². The van der Waals surface area contributed by atoms with E-state index in [1.165, 1.54) is 0 Å². The minimum atomic E-state index is -0.480. The second-order valence-electron chi connectivity index (χ2n) is 5.34. The number of rotatable bonds is 0. The molecule has 15 heavy (non-hydrogen) atoms. The Balaban J connectivity index is 2.10. The van der Waals surface area contributed by atoms with E-state index in [2.05, 4.69) is 0 Å². The Kier molecular flexibility index (Phi) is 1.64. The SMILES string of the molecule is C[C@@]12CC[C@@H](C(=O)O1)[C@@]21CCCCC1=O. The van der Waals surface area contributed by atoms with Crippen LogP contribution in [0, 0.1) is 11.3 Å². The zero-order valence-electron chi connectivity index (χ0n) is 9.04. The fourth-order valence-corrected chi connectivity index (χ4v) is 3.99. The van der Waals surface area contributed by atoms with E-state index in [1.54, 1.807) is 0 Å². The van der Waals surface area contributed by atoms with Crippen LogP contribution in [0.25, 0.3) is 0 Å². The molecular formula is C12H16O3. The number of esters is 1. The topological polar surface area (TPSA) is 43.4 Å². The average molecular weight is 208 g/mol. The molecule has 0 N–H and O–H groups in total. The Labute approximate surface area is 89.2 Å². The van der Waals surface area contributed by atoms with Crippen LogP contribution >= 0.6 is 0 Å². The highest BCUT2D eigenvalue weighted by Gasteiger charge is 2.71. The van der Waals surface area contributed by atoms with Gasteiger partial charge in [-0.1, -0.05) is 6.42 Å². The molecule has 82 valence electrons. The van der Waals surface area contributed by atoms with E-state index in [0.717, 1.165) is 32.1 Å². The molecular weight excluding hydrogens is 192 g/mol. The highest BCUT2D eigenvalue weighted by Crippen LogP contribution is 2.62. The number of ether oxygens (including phenoxy) is 1. The van der Waals surface area contributed by atoms with Crippen molar-refractivity contribution in [1.82, 2.24) is 0 Å². The second-order valence-corrected chi connectivity index (χ2v) is 5.34. The van der Waals surface area contributed by atoms with E-state index in [-0.39, 0.29) is 17.7 Å². The Hall–Kier alpha value is -0.860. The molecule has 0 amide bonds. The molecule has 1 spiro atoms. The summed E-state index contributed by atoms with van der Waals surface area (Å²) in [4.78, 5) is 23.9. The Bertz CT molecular complexity index is 349. The summed E-state index contributed by atoms with van der Waals surface area (Å²) in [7, 11) is 0. The lowest BCUT2D eigenvalue weighted by molar-refractivity contribution is -0.156. The molecule has 0 aromatic carbocycles. The van der Waals surface area contributed by atoms with Gasteiger partial charge in [0.05, 0.1) is 11.3 Å². The van der Waals surface area contributed by atoms with Crippen molar-refractivity contribution in [3.05, 3.63) is 0 Å². The second kappa shape index (κ2) is 2.63. The lowest BCUT2D eigenvalue weighted by Crippen LogP contribution is -2.48. The molecule has 1 heterocycles. The number of hydrogen-bond acceptors (Lipinski definition) is 3. The van der Waals surface area contributed by atoms with Crippen molar-refractivity contribution in [2.75, 3.05) is 0 Å². The largest absolute Gasteiger partial charge is 0.458 e. The van der Waals surface area contributed by atoms with Gasteiger partial charge >= 0.3 is 5.97 Å². The van der Waals surface area contributed by atoms with Gasteiger partial charge in [0.1, 0.15) is 11.4 Å². The summed E-state index contributed by atoms with van der Waals surface area (Å²) in [5.74, 6) is 0.0268. The average Bonchev–Trinajstić information content (AvgIpc) is 2.56. The van der Waals surface area contributed by atoms with Crippen LogP contribution in [0.3, 0.4) is 0 Å². The van der Waals surface area contributed by atoms with Crippen molar-refractivity contribution in [2.45, 2.75) is 51.0 Å². The quantitative estimate of drug-likeness (QED) is 0.570. The van der Waals surface area contributed by atoms with Crippen LogP contribution in [0.1, 0.15) is 45.4 Å². The molecule has 0 unspecified atom stereocenters.